The molecule has 38 heavy (non-hydrogen) atoms. The Labute approximate surface area is 223 Å². The van der Waals surface area contributed by atoms with Crippen molar-refractivity contribution in [1.29, 1.82) is 0 Å². The average Bonchev–Trinajstić information content (AvgIpc) is 3.53. The van der Waals surface area contributed by atoms with E-state index in [1.807, 2.05) is 0 Å². The van der Waals surface area contributed by atoms with E-state index in [0.29, 0.717) is 5.92 Å². The van der Waals surface area contributed by atoms with Crippen LogP contribution in [0.1, 0.15) is 47.8 Å². The van der Waals surface area contributed by atoms with Gasteiger partial charge in [-0.25, -0.2) is 0 Å². The largest absolute Gasteiger partial charge is 0.484 e. The van der Waals surface area contributed by atoms with Gasteiger partial charge in [0.05, 0.1) is 16.4 Å². The second-order valence-corrected chi connectivity index (χ2v) is 10.7. The number of allylic oxidation sites excluding steroid dienone is 10. The molecule has 8 rings (SSSR count). The lowest BCUT2D eigenvalue weighted by molar-refractivity contribution is 0.271. The first-order valence-electron chi connectivity index (χ1n) is 13.8. The first kappa shape index (κ1) is 21.8. The minimum absolute atomic E-state index is 0.0788. The standard InChI is InChI=1S/C36H29NO/c1-3-11-24(12-4-1)26-21-27(25-13-5-2-6-14-25)23-28(22-26)37-32-17-9-7-16-31(32)35-33(37)20-19-30-29-15-8-10-18-34(29)38-36(30)35/h1-5,7-11,13,15-24,29,34H,6,12,14H2. The van der Waals surface area contributed by atoms with Gasteiger partial charge in [0, 0.05) is 28.5 Å². The number of fused-ring (bicyclic) bond motifs is 7. The molecule has 0 saturated carbocycles. The molecule has 0 amide bonds. The summed E-state index contributed by atoms with van der Waals surface area (Å²) < 4.78 is 9.09. The van der Waals surface area contributed by atoms with Crippen molar-refractivity contribution in [2.45, 2.75) is 37.2 Å². The van der Waals surface area contributed by atoms with Crippen LogP contribution in [0.2, 0.25) is 0 Å². The van der Waals surface area contributed by atoms with Gasteiger partial charge in [0.15, 0.2) is 0 Å². The Hall–Kier alpha value is -4.30. The van der Waals surface area contributed by atoms with Gasteiger partial charge in [0.1, 0.15) is 11.9 Å². The van der Waals surface area contributed by atoms with Crippen LogP contribution in [0.4, 0.5) is 0 Å². The lowest BCUT2D eigenvalue weighted by Crippen LogP contribution is -2.15. The zero-order valence-corrected chi connectivity index (χ0v) is 21.3. The van der Waals surface area contributed by atoms with E-state index in [2.05, 4.69) is 126 Å². The number of para-hydroxylation sites is 1. The summed E-state index contributed by atoms with van der Waals surface area (Å²) in [6.07, 6.45) is 27.7. The van der Waals surface area contributed by atoms with E-state index in [0.717, 1.165) is 25.0 Å². The molecule has 2 heterocycles. The summed E-state index contributed by atoms with van der Waals surface area (Å²) in [5.74, 6) is 1.72. The Morgan fingerprint density at radius 1 is 0.789 bits per heavy atom. The average molecular weight is 492 g/mol. The molecule has 3 unspecified atom stereocenters. The van der Waals surface area contributed by atoms with Gasteiger partial charge in [-0.05, 0) is 66.3 Å². The van der Waals surface area contributed by atoms with E-state index in [1.54, 1.807) is 0 Å². The normalized spacial score (nSPS) is 23.1. The van der Waals surface area contributed by atoms with Crippen molar-refractivity contribution in [3.63, 3.8) is 0 Å². The molecule has 4 aromatic rings. The number of benzene rings is 3. The number of aromatic nitrogens is 1. The predicted molar refractivity (Wildman–Crippen MR) is 158 cm³/mol. The summed E-state index contributed by atoms with van der Waals surface area (Å²) in [6.45, 7) is 0. The molecule has 1 aliphatic heterocycles. The van der Waals surface area contributed by atoms with Crippen molar-refractivity contribution >= 4 is 27.4 Å². The van der Waals surface area contributed by atoms with Crippen LogP contribution in [0, 0.1) is 0 Å². The van der Waals surface area contributed by atoms with Gasteiger partial charge in [-0.2, -0.15) is 0 Å². The monoisotopic (exact) mass is 491 g/mol. The van der Waals surface area contributed by atoms with Gasteiger partial charge >= 0.3 is 0 Å². The third-order valence-corrected chi connectivity index (χ3v) is 8.51. The van der Waals surface area contributed by atoms with Gasteiger partial charge in [-0.1, -0.05) is 91.1 Å². The fourth-order valence-corrected chi connectivity index (χ4v) is 6.66. The Kier molecular flexibility index (Phi) is 4.94. The molecule has 0 spiro atoms. The van der Waals surface area contributed by atoms with Gasteiger partial charge < -0.3 is 9.30 Å². The highest BCUT2D eigenvalue weighted by atomic mass is 16.5. The molecule has 4 aliphatic rings. The molecule has 2 heteroatoms. The lowest BCUT2D eigenvalue weighted by Gasteiger charge is -2.20. The predicted octanol–water partition coefficient (Wildman–Crippen LogP) is 9.09. The van der Waals surface area contributed by atoms with Crippen molar-refractivity contribution in [3.8, 4) is 11.4 Å². The maximum absolute atomic E-state index is 6.63. The fraction of sp³-hybridized carbons (Fsp3) is 0.167. The molecule has 3 atom stereocenters. The van der Waals surface area contributed by atoms with E-state index in [-0.39, 0.29) is 12.0 Å². The van der Waals surface area contributed by atoms with Crippen LogP contribution in [-0.2, 0) is 0 Å². The third kappa shape index (κ3) is 3.33. The second-order valence-electron chi connectivity index (χ2n) is 10.7. The molecule has 184 valence electrons. The molecule has 0 fully saturated rings. The molecular formula is C36H29NO. The zero-order valence-electron chi connectivity index (χ0n) is 21.3. The van der Waals surface area contributed by atoms with Crippen LogP contribution >= 0.6 is 0 Å². The molecule has 0 N–H and O–H groups in total. The number of hydrogen-bond donors (Lipinski definition) is 0. The SMILES string of the molecule is C1=CCCC(c2cc(C3C=CC=CC3)cc(-n3c4ccccc4c4c5c(ccc43)C3C=CC=CC3O5)c2)=C1. The fourth-order valence-electron chi connectivity index (χ4n) is 6.66. The summed E-state index contributed by atoms with van der Waals surface area (Å²) in [5, 5.41) is 2.47. The second kappa shape index (κ2) is 8.63. The smallest absolute Gasteiger partial charge is 0.134 e. The van der Waals surface area contributed by atoms with Crippen molar-refractivity contribution < 1.29 is 4.74 Å². The van der Waals surface area contributed by atoms with Crippen LogP contribution in [0.25, 0.3) is 33.1 Å². The number of nitrogens with zero attached hydrogens (tertiary/aromatic N) is 1. The quantitative estimate of drug-likeness (QED) is 0.279. The summed E-state index contributed by atoms with van der Waals surface area (Å²) in [6, 6.07) is 20.6. The molecule has 0 radical (unpaired) electrons. The number of hydrogen-bond acceptors (Lipinski definition) is 1. The van der Waals surface area contributed by atoms with Gasteiger partial charge in [0.2, 0.25) is 0 Å². The highest BCUT2D eigenvalue weighted by Crippen LogP contribution is 2.48. The van der Waals surface area contributed by atoms with Crippen molar-refractivity contribution in [2.24, 2.45) is 0 Å². The summed E-state index contributed by atoms with van der Waals surface area (Å²) in [4.78, 5) is 0. The van der Waals surface area contributed by atoms with Crippen LogP contribution in [-0.4, -0.2) is 10.7 Å². The van der Waals surface area contributed by atoms with E-state index in [1.165, 1.54) is 49.8 Å². The van der Waals surface area contributed by atoms with Crippen LogP contribution in [0.15, 0.2) is 121 Å². The summed E-state index contributed by atoms with van der Waals surface area (Å²) in [5.41, 5.74) is 9.05. The maximum Gasteiger partial charge on any atom is 0.134 e. The van der Waals surface area contributed by atoms with Crippen molar-refractivity contribution in [2.75, 3.05) is 0 Å². The molecule has 0 bridgehead atoms. The topological polar surface area (TPSA) is 14.2 Å². The van der Waals surface area contributed by atoms with Gasteiger partial charge in [-0.15, -0.1) is 0 Å². The molecule has 3 aliphatic carbocycles. The molecule has 3 aromatic carbocycles. The lowest BCUT2D eigenvalue weighted by atomic mass is 9.88. The first-order chi connectivity index (χ1) is 18.8. The molecule has 1 aromatic heterocycles. The van der Waals surface area contributed by atoms with Crippen LogP contribution in [0.3, 0.4) is 0 Å². The van der Waals surface area contributed by atoms with E-state index >= 15 is 0 Å². The molecule has 2 nitrogen and oxygen atoms in total. The van der Waals surface area contributed by atoms with Gasteiger partial charge in [0.25, 0.3) is 0 Å². The molecule has 0 saturated heterocycles. The first-order valence-corrected chi connectivity index (χ1v) is 13.8. The zero-order chi connectivity index (χ0) is 25.1. The summed E-state index contributed by atoms with van der Waals surface area (Å²) in [7, 11) is 0. The minimum atomic E-state index is 0.0788. The minimum Gasteiger partial charge on any atom is -0.484 e. The van der Waals surface area contributed by atoms with Crippen LogP contribution < -0.4 is 4.74 Å². The highest BCUT2D eigenvalue weighted by Gasteiger charge is 2.34. The van der Waals surface area contributed by atoms with Gasteiger partial charge in [-0.3, -0.25) is 0 Å². The Morgan fingerprint density at radius 3 is 2.61 bits per heavy atom. The van der Waals surface area contributed by atoms with Crippen LogP contribution in [0.5, 0.6) is 5.75 Å². The Bertz CT molecular complexity index is 1790. The van der Waals surface area contributed by atoms with E-state index in [9.17, 15) is 0 Å². The van der Waals surface area contributed by atoms with Crippen molar-refractivity contribution in [1.82, 2.24) is 4.57 Å². The summed E-state index contributed by atoms with van der Waals surface area (Å²) >= 11 is 0. The third-order valence-electron chi connectivity index (χ3n) is 8.51. The highest BCUT2D eigenvalue weighted by molar-refractivity contribution is 6.13. The maximum atomic E-state index is 6.63. The number of rotatable bonds is 3. The number of ether oxygens (including phenoxy) is 1. The van der Waals surface area contributed by atoms with E-state index in [4.69, 9.17) is 4.74 Å². The Morgan fingerprint density at radius 2 is 1.71 bits per heavy atom. The molecular weight excluding hydrogens is 462 g/mol. The Balaban J connectivity index is 1.39. The van der Waals surface area contributed by atoms with Crippen molar-refractivity contribution in [3.05, 3.63) is 138 Å². The van der Waals surface area contributed by atoms with E-state index < -0.39 is 0 Å².